The van der Waals surface area contributed by atoms with E-state index in [2.05, 4.69) is 30.7 Å². The maximum atomic E-state index is 12.6. The van der Waals surface area contributed by atoms with Crippen LogP contribution < -0.4 is 15.0 Å². The van der Waals surface area contributed by atoms with Gasteiger partial charge in [-0.25, -0.2) is 4.90 Å². The SMILES string of the molecule is O=C(NCc1cccc(OC(F)(F)F)c1)c1cn(CCCCn2cc(N3C(=O)c4ccccc4C3=O)nn2)nn1. The molecular weight excluding hydrogens is 533 g/mol. The Hall–Kier alpha value is -5.08. The number of fused-ring (bicyclic) bond motifs is 1. The number of aryl methyl sites for hydroxylation is 2. The fraction of sp³-hybridized carbons (Fsp3) is 0.240. The number of ether oxygens (including phenoxy) is 1. The fourth-order valence-corrected chi connectivity index (χ4v) is 4.08. The summed E-state index contributed by atoms with van der Waals surface area (Å²) < 4.78 is 44.1. The molecule has 0 saturated carbocycles. The Morgan fingerprint density at radius 2 is 1.52 bits per heavy atom. The molecule has 1 aliphatic rings. The number of anilines is 1. The van der Waals surface area contributed by atoms with E-state index in [4.69, 9.17) is 0 Å². The van der Waals surface area contributed by atoms with E-state index >= 15 is 0 Å². The monoisotopic (exact) mass is 554 g/mol. The topological polar surface area (TPSA) is 137 Å². The summed E-state index contributed by atoms with van der Waals surface area (Å²) in [5.74, 6) is -1.64. The van der Waals surface area contributed by atoms with Gasteiger partial charge in [0.2, 0.25) is 0 Å². The van der Waals surface area contributed by atoms with Crippen molar-refractivity contribution in [1.29, 1.82) is 0 Å². The highest BCUT2D eigenvalue weighted by Crippen LogP contribution is 2.26. The molecule has 0 aliphatic carbocycles. The Bertz CT molecular complexity index is 1530. The molecule has 0 radical (unpaired) electrons. The number of nitrogens with one attached hydrogen (secondary N) is 1. The number of carbonyl (C=O) groups is 3. The second kappa shape index (κ2) is 11.0. The number of hydrogen-bond acceptors (Lipinski definition) is 8. The van der Waals surface area contributed by atoms with Gasteiger partial charge in [-0.15, -0.1) is 23.4 Å². The van der Waals surface area contributed by atoms with Crippen molar-refractivity contribution in [3.63, 3.8) is 0 Å². The van der Waals surface area contributed by atoms with Gasteiger partial charge in [0.05, 0.1) is 23.5 Å². The van der Waals surface area contributed by atoms with Crippen LogP contribution in [-0.2, 0) is 19.6 Å². The second-order valence-corrected chi connectivity index (χ2v) is 8.78. The molecule has 4 aromatic rings. The van der Waals surface area contributed by atoms with E-state index in [1.165, 1.54) is 40.0 Å². The molecule has 15 heteroatoms. The summed E-state index contributed by atoms with van der Waals surface area (Å²) >= 11 is 0. The van der Waals surface area contributed by atoms with Gasteiger partial charge in [-0.3, -0.25) is 23.7 Å². The molecule has 2 aromatic heterocycles. The Labute approximate surface area is 224 Å². The second-order valence-electron chi connectivity index (χ2n) is 8.78. The number of alkyl halides is 3. The van der Waals surface area contributed by atoms with Gasteiger partial charge in [0.15, 0.2) is 11.5 Å². The first-order valence-corrected chi connectivity index (χ1v) is 12.1. The van der Waals surface area contributed by atoms with Gasteiger partial charge in [0, 0.05) is 19.6 Å². The van der Waals surface area contributed by atoms with Crippen molar-refractivity contribution >= 4 is 23.5 Å². The number of imide groups is 1. The predicted octanol–water partition coefficient (Wildman–Crippen LogP) is 2.98. The lowest BCUT2D eigenvalue weighted by atomic mass is 10.1. The van der Waals surface area contributed by atoms with Crippen LogP contribution in [0.5, 0.6) is 5.75 Å². The van der Waals surface area contributed by atoms with Crippen LogP contribution in [0, 0.1) is 0 Å². The molecule has 1 N–H and O–H groups in total. The minimum Gasteiger partial charge on any atom is -0.406 e. The van der Waals surface area contributed by atoms with Crippen LogP contribution in [-0.4, -0.2) is 54.1 Å². The Morgan fingerprint density at radius 1 is 0.875 bits per heavy atom. The third-order valence-corrected chi connectivity index (χ3v) is 5.93. The van der Waals surface area contributed by atoms with Crippen LogP contribution in [0.1, 0.15) is 49.6 Å². The van der Waals surface area contributed by atoms with E-state index < -0.39 is 24.1 Å². The van der Waals surface area contributed by atoms with Crippen LogP contribution in [0.25, 0.3) is 0 Å². The fourth-order valence-electron chi connectivity index (χ4n) is 4.08. The standard InChI is InChI=1S/C25H21F3N8O4/c26-25(27,28)40-17-7-5-6-16(12-17)13-29-22(37)20-14-34(32-30-20)10-3-4-11-35-15-21(31-33-35)36-23(38)18-8-1-2-9-19(18)24(36)39/h1-2,5-9,12,14-15H,3-4,10-11,13H2,(H,29,37). The van der Waals surface area contributed by atoms with Crippen molar-refractivity contribution in [2.45, 2.75) is 38.8 Å². The Morgan fingerprint density at radius 3 is 2.20 bits per heavy atom. The largest absolute Gasteiger partial charge is 0.573 e. The molecule has 3 heterocycles. The lowest BCUT2D eigenvalue weighted by molar-refractivity contribution is -0.274. The molecule has 12 nitrogen and oxygen atoms in total. The van der Waals surface area contributed by atoms with Gasteiger partial charge in [-0.2, -0.15) is 0 Å². The summed E-state index contributed by atoms with van der Waals surface area (Å²) in [5.41, 5.74) is 1.13. The van der Waals surface area contributed by atoms with Crippen molar-refractivity contribution < 1.29 is 32.3 Å². The molecule has 0 fully saturated rings. The zero-order valence-corrected chi connectivity index (χ0v) is 20.7. The number of rotatable bonds is 10. The summed E-state index contributed by atoms with van der Waals surface area (Å²) in [4.78, 5) is 38.6. The molecule has 206 valence electrons. The molecular formula is C25H21F3N8O4. The zero-order chi connectivity index (χ0) is 28.3. The Kier molecular flexibility index (Phi) is 7.27. The van der Waals surface area contributed by atoms with Crippen molar-refractivity contribution in [3.05, 3.63) is 83.3 Å². The molecule has 0 bridgehead atoms. The molecule has 40 heavy (non-hydrogen) atoms. The summed E-state index contributed by atoms with van der Waals surface area (Å²) in [6.07, 6.45) is -0.500. The third-order valence-electron chi connectivity index (χ3n) is 5.93. The average molecular weight is 554 g/mol. The van der Waals surface area contributed by atoms with Crippen LogP contribution in [0.15, 0.2) is 60.9 Å². The molecule has 0 atom stereocenters. The smallest absolute Gasteiger partial charge is 0.406 e. The van der Waals surface area contributed by atoms with Crippen molar-refractivity contribution in [2.75, 3.05) is 4.90 Å². The highest BCUT2D eigenvalue weighted by atomic mass is 19.4. The van der Waals surface area contributed by atoms with E-state index in [1.807, 2.05) is 0 Å². The minimum absolute atomic E-state index is 0.0264. The van der Waals surface area contributed by atoms with Crippen LogP contribution in [0.2, 0.25) is 0 Å². The third kappa shape index (κ3) is 5.98. The van der Waals surface area contributed by atoms with Gasteiger partial charge in [-0.1, -0.05) is 34.7 Å². The molecule has 2 aromatic carbocycles. The lowest BCUT2D eigenvalue weighted by Gasteiger charge is -2.10. The van der Waals surface area contributed by atoms with E-state index in [9.17, 15) is 27.6 Å². The molecule has 5 rings (SSSR count). The first-order valence-electron chi connectivity index (χ1n) is 12.1. The van der Waals surface area contributed by atoms with Crippen molar-refractivity contribution in [1.82, 2.24) is 35.3 Å². The van der Waals surface area contributed by atoms with Crippen LogP contribution in [0.3, 0.4) is 0 Å². The number of aromatic nitrogens is 6. The zero-order valence-electron chi connectivity index (χ0n) is 20.7. The maximum absolute atomic E-state index is 12.6. The lowest BCUT2D eigenvalue weighted by Crippen LogP contribution is -2.29. The predicted molar refractivity (Wildman–Crippen MR) is 131 cm³/mol. The average Bonchev–Trinajstić information content (AvgIpc) is 3.64. The van der Waals surface area contributed by atoms with Gasteiger partial charge in [-0.05, 0) is 42.7 Å². The first kappa shape index (κ1) is 26.5. The molecule has 3 amide bonds. The summed E-state index contributed by atoms with van der Waals surface area (Å²) in [7, 11) is 0. The maximum Gasteiger partial charge on any atom is 0.573 e. The quantitative estimate of drug-likeness (QED) is 0.233. The van der Waals surface area contributed by atoms with Gasteiger partial charge in [0.25, 0.3) is 17.7 Å². The number of carbonyl (C=O) groups excluding carboxylic acids is 3. The molecule has 1 aliphatic heterocycles. The molecule has 0 saturated heterocycles. The summed E-state index contributed by atoms with van der Waals surface area (Å²) in [5, 5.41) is 18.3. The summed E-state index contributed by atoms with van der Waals surface area (Å²) in [6.45, 7) is 0.897. The van der Waals surface area contributed by atoms with E-state index in [-0.39, 0.29) is 23.8 Å². The van der Waals surface area contributed by atoms with Gasteiger partial charge >= 0.3 is 6.36 Å². The normalized spacial score (nSPS) is 13.0. The van der Waals surface area contributed by atoms with Crippen molar-refractivity contribution in [2.24, 2.45) is 0 Å². The highest BCUT2D eigenvalue weighted by Gasteiger charge is 2.37. The van der Waals surface area contributed by atoms with E-state index in [0.717, 1.165) is 4.90 Å². The van der Waals surface area contributed by atoms with Crippen LogP contribution in [0.4, 0.5) is 19.0 Å². The van der Waals surface area contributed by atoms with E-state index in [1.54, 1.807) is 30.3 Å². The number of unbranched alkanes of at least 4 members (excludes halogenated alkanes) is 1. The first-order chi connectivity index (χ1) is 19.2. The van der Waals surface area contributed by atoms with Crippen molar-refractivity contribution in [3.8, 4) is 5.75 Å². The van der Waals surface area contributed by atoms with Gasteiger partial charge < -0.3 is 10.1 Å². The van der Waals surface area contributed by atoms with Crippen LogP contribution >= 0.6 is 0 Å². The molecule has 0 spiro atoms. The van der Waals surface area contributed by atoms with E-state index in [0.29, 0.717) is 42.6 Å². The number of benzene rings is 2. The highest BCUT2D eigenvalue weighted by molar-refractivity contribution is 6.34. The summed E-state index contributed by atoms with van der Waals surface area (Å²) in [6, 6.07) is 11.9. The van der Waals surface area contributed by atoms with Gasteiger partial charge in [0.1, 0.15) is 5.75 Å². The number of amides is 3. The number of nitrogens with zero attached hydrogens (tertiary/aromatic N) is 7. The Balaban J connectivity index is 1.07. The molecule has 0 unspecified atom stereocenters. The number of hydrogen-bond donors (Lipinski definition) is 1. The number of halogens is 3. The minimum atomic E-state index is -4.81.